The van der Waals surface area contributed by atoms with Crippen molar-refractivity contribution in [2.45, 2.75) is 72.1 Å². The SMILES string of the molecule is CC(C)(C)CC(C)(C)Nc1cc(Br)c2sc(-c3ccnn3C3CCCCO3)cc2n1. The summed E-state index contributed by atoms with van der Waals surface area (Å²) in [6.45, 7) is 12.1. The normalized spacial score (nSPS) is 18.1. The van der Waals surface area contributed by atoms with E-state index < -0.39 is 0 Å². The molecule has 0 amide bonds. The van der Waals surface area contributed by atoms with Crippen molar-refractivity contribution in [3.8, 4) is 10.6 Å². The van der Waals surface area contributed by atoms with Gasteiger partial charge in [-0.2, -0.15) is 5.10 Å². The smallest absolute Gasteiger partial charge is 0.150 e. The van der Waals surface area contributed by atoms with Crippen molar-refractivity contribution < 1.29 is 4.74 Å². The zero-order valence-electron chi connectivity index (χ0n) is 18.5. The van der Waals surface area contributed by atoms with Crippen molar-refractivity contribution in [3.63, 3.8) is 0 Å². The van der Waals surface area contributed by atoms with Gasteiger partial charge in [-0.25, -0.2) is 9.67 Å². The summed E-state index contributed by atoms with van der Waals surface area (Å²) in [7, 11) is 0. The topological polar surface area (TPSA) is 52.0 Å². The first kappa shape index (κ1) is 21.8. The van der Waals surface area contributed by atoms with E-state index in [1.807, 2.05) is 10.9 Å². The lowest BCUT2D eigenvalue weighted by Crippen LogP contribution is -2.35. The van der Waals surface area contributed by atoms with Crippen molar-refractivity contribution in [2.75, 3.05) is 11.9 Å². The maximum Gasteiger partial charge on any atom is 0.150 e. The van der Waals surface area contributed by atoms with E-state index >= 15 is 0 Å². The fourth-order valence-corrected chi connectivity index (χ4v) is 6.23. The second kappa shape index (κ2) is 8.24. The molecule has 0 saturated carbocycles. The van der Waals surface area contributed by atoms with E-state index in [9.17, 15) is 0 Å². The number of thiophene rings is 1. The van der Waals surface area contributed by atoms with E-state index in [2.05, 4.69) is 79.2 Å². The van der Waals surface area contributed by atoms with Gasteiger partial charge in [-0.15, -0.1) is 11.3 Å². The molecule has 7 heteroatoms. The molecule has 1 unspecified atom stereocenters. The number of pyridine rings is 1. The summed E-state index contributed by atoms with van der Waals surface area (Å²) in [5.41, 5.74) is 2.29. The number of nitrogens with one attached hydrogen (secondary N) is 1. The highest BCUT2D eigenvalue weighted by molar-refractivity contribution is 9.10. The van der Waals surface area contributed by atoms with E-state index in [0.29, 0.717) is 0 Å². The van der Waals surface area contributed by atoms with Crippen LogP contribution in [-0.4, -0.2) is 26.9 Å². The Morgan fingerprint density at radius 1 is 1.23 bits per heavy atom. The lowest BCUT2D eigenvalue weighted by Gasteiger charge is -2.33. The largest absolute Gasteiger partial charge is 0.365 e. The van der Waals surface area contributed by atoms with E-state index in [1.165, 1.54) is 6.42 Å². The van der Waals surface area contributed by atoms with Crippen LogP contribution in [-0.2, 0) is 4.74 Å². The molecule has 4 heterocycles. The van der Waals surface area contributed by atoms with Crippen LogP contribution in [0.5, 0.6) is 0 Å². The average molecular weight is 491 g/mol. The molecular formula is C23H31BrN4OS. The van der Waals surface area contributed by atoms with Crippen LogP contribution in [0.4, 0.5) is 5.82 Å². The van der Waals surface area contributed by atoms with Gasteiger partial charge in [-0.3, -0.25) is 0 Å². The van der Waals surface area contributed by atoms with Crippen LogP contribution in [0.3, 0.4) is 0 Å². The van der Waals surface area contributed by atoms with Gasteiger partial charge < -0.3 is 10.1 Å². The minimum Gasteiger partial charge on any atom is -0.365 e. The van der Waals surface area contributed by atoms with Crippen LogP contribution in [0.1, 0.15) is 66.5 Å². The molecular weight excluding hydrogens is 460 g/mol. The third-order valence-corrected chi connectivity index (χ3v) is 7.29. The zero-order chi connectivity index (χ0) is 21.5. The van der Waals surface area contributed by atoms with Crippen LogP contribution in [0.15, 0.2) is 28.9 Å². The molecule has 162 valence electrons. The number of hydrogen-bond donors (Lipinski definition) is 1. The van der Waals surface area contributed by atoms with Crippen LogP contribution in [0.25, 0.3) is 20.8 Å². The molecule has 1 aliphatic rings. The Kier molecular flexibility index (Phi) is 5.99. The fraction of sp³-hybridized carbons (Fsp3) is 0.565. The molecule has 1 saturated heterocycles. The molecule has 0 spiro atoms. The summed E-state index contributed by atoms with van der Waals surface area (Å²) in [6.07, 6.45) is 6.27. The van der Waals surface area contributed by atoms with Crippen LogP contribution in [0, 0.1) is 5.41 Å². The first-order chi connectivity index (χ1) is 14.1. The first-order valence-corrected chi connectivity index (χ1v) is 12.3. The molecule has 1 aliphatic heterocycles. The number of hydrogen-bond acceptors (Lipinski definition) is 5. The maximum atomic E-state index is 5.97. The van der Waals surface area contributed by atoms with Gasteiger partial charge in [0.05, 0.1) is 20.8 Å². The number of rotatable bonds is 5. The van der Waals surface area contributed by atoms with Crippen LogP contribution >= 0.6 is 27.3 Å². The molecule has 5 nitrogen and oxygen atoms in total. The molecule has 0 bridgehead atoms. The van der Waals surface area contributed by atoms with Gasteiger partial charge in [0.2, 0.25) is 0 Å². The van der Waals surface area contributed by atoms with E-state index in [1.54, 1.807) is 11.3 Å². The third kappa shape index (κ3) is 4.89. The minimum absolute atomic E-state index is 0.0285. The van der Waals surface area contributed by atoms with E-state index in [-0.39, 0.29) is 17.2 Å². The van der Waals surface area contributed by atoms with Gasteiger partial charge in [0.15, 0.2) is 6.23 Å². The Hall–Kier alpha value is -1.44. The highest BCUT2D eigenvalue weighted by Crippen LogP contribution is 2.40. The third-order valence-electron chi connectivity index (χ3n) is 5.22. The highest BCUT2D eigenvalue weighted by Gasteiger charge is 2.26. The Morgan fingerprint density at radius 2 is 2.03 bits per heavy atom. The Labute approximate surface area is 191 Å². The summed E-state index contributed by atoms with van der Waals surface area (Å²) in [5.74, 6) is 0.900. The van der Waals surface area contributed by atoms with Gasteiger partial charge in [-0.05, 0) is 79.1 Å². The van der Waals surface area contributed by atoms with Gasteiger partial charge >= 0.3 is 0 Å². The molecule has 1 atom stereocenters. The molecule has 3 aromatic heterocycles. The number of ether oxygens (including phenoxy) is 1. The van der Waals surface area contributed by atoms with Crippen LogP contribution in [0.2, 0.25) is 0 Å². The number of aromatic nitrogens is 3. The van der Waals surface area contributed by atoms with Crippen molar-refractivity contribution in [2.24, 2.45) is 5.41 Å². The zero-order valence-corrected chi connectivity index (χ0v) is 20.9. The first-order valence-electron chi connectivity index (χ1n) is 10.7. The molecule has 4 rings (SSSR count). The fourth-order valence-electron chi connectivity index (χ4n) is 4.55. The molecule has 0 radical (unpaired) electrons. The van der Waals surface area contributed by atoms with E-state index in [4.69, 9.17) is 9.72 Å². The van der Waals surface area contributed by atoms with Crippen molar-refractivity contribution >= 4 is 43.3 Å². The van der Waals surface area contributed by atoms with E-state index in [0.717, 1.165) is 56.9 Å². The lowest BCUT2D eigenvalue weighted by molar-refractivity contribution is -0.0383. The molecule has 0 aromatic carbocycles. The Bertz CT molecular complexity index is 1030. The molecule has 3 aromatic rings. The number of fused-ring (bicyclic) bond motifs is 1. The van der Waals surface area contributed by atoms with Crippen molar-refractivity contribution in [3.05, 3.63) is 28.9 Å². The van der Waals surface area contributed by atoms with Crippen molar-refractivity contribution in [1.29, 1.82) is 0 Å². The second-order valence-electron chi connectivity index (χ2n) is 10.0. The average Bonchev–Trinajstić information content (AvgIpc) is 3.26. The molecule has 0 aliphatic carbocycles. The molecule has 1 N–H and O–H groups in total. The summed E-state index contributed by atoms with van der Waals surface area (Å²) in [4.78, 5) is 6.10. The lowest BCUT2D eigenvalue weighted by atomic mass is 9.82. The number of halogens is 1. The summed E-state index contributed by atoms with van der Waals surface area (Å²) in [6, 6.07) is 6.33. The number of nitrogens with zero attached hydrogens (tertiary/aromatic N) is 3. The van der Waals surface area contributed by atoms with Gasteiger partial charge in [-0.1, -0.05) is 20.8 Å². The highest BCUT2D eigenvalue weighted by atomic mass is 79.9. The van der Waals surface area contributed by atoms with Gasteiger partial charge in [0.25, 0.3) is 0 Å². The Morgan fingerprint density at radius 3 is 2.73 bits per heavy atom. The van der Waals surface area contributed by atoms with Gasteiger partial charge in [0, 0.05) is 22.8 Å². The predicted molar refractivity (Wildman–Crippen MR) is 129 cm³/mol. The minimum atomic E-state index is -0.0475. The maximum absolute atomic E-state index is 5.97. The monoisotopic (exact) mass is 490 g/mol. The second-order valence-corrected chi connectivity index (χ2v) is 11.9. The summed E-state index contributed by atoms with van der Waals surface area (Å²) >= 11 is 5.51. The standard InChI is InChI=1S/C23H31BrN4OS/c1-22(2,3)14-23(4,5)27-19-12-15(24)21-16(26-19)13-18(30-21)17-9-10-25-28(17)20-8-6-7-11-29-20/h9-10,12-13,20H,6-8,11,14H2,1-5H3,(H,26,27). The summed E-state index contributed by atoms with van der Waals surface area (Å²) in [5, 5.41) is 8.20. The molecule has 1 fully saturated rings. The summed E-state index contributed by atoms with van der Waals surface area (Å²) < 4.78 is 10.2. The van der Waals surface area contributed by atoms with Gasteiger partial charge in [0.1, 0.15) is 5.82 Å². The quantitative estimate of drug-likeness (QED) is 0.409. The van der Waals surface area contributed by atoms with Crippen molar-refractivity contribution in [1.82, 2.24) is 14.8 Å². The number of anilines is 1. The van der Waals surface area contributed by atoms with Crippen LogP contribution < -0.4 is 5.32 Å². The predicted octanol–water partition coefficient (Wildman–Crippen LogP) is 7.25. The molecule has 30 heavy (non-hydrogen) atoms. The Balaban J connectivity index is 1.64.